The number of ether oxygens (including phenoxy) is 1. The van der Waals surface area contributed by atoms with Gasteiger partial charge in [-0.3, -0.25) is 0 Å². The Bertz CT molecular complexity index is 1070. The molecule has 2 aromatic heterocycles. The number of hydrogen-bond donors (Lipinski definition) is 0. The van der Waals surface area contributed by atoms with E-state index in [9.17, 15) is 4.39 Å². The van der Waals surface area contributed by atoms with Crippen LogP contribution in [0.4, 0.5) is 8.78 Å². The Kier molecular flexibility index (Phi) is 4.38. The van der Waals surface area contributed by atoms with Gasteiger partial charge in [0.05, 0.1) is 6.20 Å². The van der Waals surface area contributed by atoms with Gasteiger partial charge in [-0.05, 0) is 39.7 Å². The number of fused-ring (bicyclic) bond motifs is 1. The average Bonchev–Trinajstić information content (AvgIpc) is 3.07. The maximum atomic E-state index is 15.0. The molecule has 0 N–H and O–H groups in total. The van der Waals surface area contributed by atoms with Crippen LogP contribution in [0.15, 0.2) is 65.4 Å². The van der Waals surface area contributed by atoms with Gasteiger partial charge < -0.3 is 4.74 Å². The predicted octanol–water partition coefficient (Wildman–Crippen LogP) is 5.04. The average molecular weight is 416 g/mol. The fraction of sp³-hybridized carbons (Fsp3) is 0.0526. The van der Waals surface area contributed by atoms with Crippen LogP contribution in [0.3, 0.4) is 0 Å². The van der Waals surface area contributed by atoms with E-state index in [2.05, 4.69) is 26.0 Å². The molecular weight excluding hydrogens is 404 g/mol. The minimum Gasteiger partial charge on any atom is -0.483 e. The minimum atomic E-state index is -0.807. The molecule has 0 amide bonds. The van der Waals surface area contributed by atoms with Gasteiger partial charge in [-0.15, -0.1) is 0 Å². The third-order valence-electron chi connectivity index (χ3n) is 3.86. The second-order valence-electron chi connectivity index (χ2n) is 5.60. The van der Waals surface area contributed by atoms with E-state index in [0.717, 1.165) is 10.0 Å². The Labute approximate surface area is 156 Å². The number of hydrogen-bond acceptors (Lipinski definition) is 3. The van der Waals surface area contributed by atoms with Crippen LogP contribution in [-0.4, -0.2) is 14.8 Å². The molecule has 0 spiro atoms. The second-order valence-corrected chi connectivity index (χ2v) is 6.52. The molecule has 7 heteroatoms. The third kappa shape index (κ3) is 3.06. The zero-order valence-electron chi connectivity index (χ0n) is 13.4. The summed E-state index contributed by atoms with van der Waals surface area (Å²) in [6.45, 7) is 0.0604. The smallest absolute Gasteiger partial charge is 0.194 e. The summed E-state index contributed by atoms with van der Waals surface area (Å²) in [5.74, 6) is -1.59. The van der Waals surface area contributed by atoms with Crippen molar-refractivity contribution < 1.29 is 13.5 Å². The predicted molar refractivity (Wildman–Crippen MR) is 97.3 cm³/mol. The van der Waals surface area contributed by atoms with E-state index in [-0.39, 0.29) is 12.1 Å². The highest BCUT2D eigenvalue weighted by Gasteiger charge is 2.20. The van der Waals surface area contributed by atoms with E-state index in [0.29, 0.717) is 11.2 Å². The van der Waals surface area contributed by atoms with Crippen LogP contribution in [0.25, 0.3) is 16.7 Å². The molecule has 0 bridgehead atoms. The van der Waals surface area contributed by atoms with Crippen LogP contribution in [-0.2, 0) is 6.61 Å². The fourth-order valence-corrected chi connectivity index (χ4v) is 2.86. The molecule has 26 heavy (non-hydrogen) atoms. The summed E-state index contributed by atoms with van der Waals surface area (Å²) < 4.78 is 36.9. The first kappa shape index (κ1) is 16.7. The summed E-state index contributed by atoms with van der Waals surface area (Å²) in [6, 6.07) is 13.8. The number of pyridine rings is 1. The van der Waals surface area contributed by atoms with E-state index >= 15 is 4.39 Å². The molecular formula is C19H12BrF2N3O. The van der Waals surface area contributed by atoms with Crippen molar-refractivity contribution in [3.05, 3.63) is 82.6 Å². The molecule has 2 aromatic carbocycles. The van der Waals surface area contributed by atoms with Crippen LogP contribution in [0.2, 0.25) is 0 Å². The molecule has 0 aliphatic carbocycles. The molecule has 0 saturated heterocycles. The van der Waals surface area contributed by atoms with E-state index in [1.807, 2.05) is 30.3 Å². The molecule has 0 fully saturated rings. The number of aromatic nitrogens is 3. The molecule has 0 unspecified atom stereocenters. The quantitative estimate of drug-likeness (QED) is 0.468. The fourth-order valence-electron chi connectivity index (χ4n) is 2.63. The molecule has 0 radical (unpaired) electrons. The first-order valence-corrected chi connectivity index (χ1v) is 8.57. The third-order valence-corrected chi connectivity index (χ3v) is 4.33. The Morgan fingerprint density at radius 2 is 1.85 bits per heavy atom. The summed E-state index contributed by atoms with van der Waals surface area (Å²) in [4.78, 5) is 4.21. The Balaban J connectivity index is 1.76. The van der Waals surface area contributed by atoms with Gasteiger partial charge in [-0.1, -0.05) is 30.3 Å². The van der Waals surface area contributed by atoms with Crippen molar-refractivity contribution in [2.24, 2.45) is 0 Å². The van der Waals surface area contributed by atoms with Crippen LogP contribution in [0.1, 0.15) is 5.56 Å². The Morgan fingerprint density at radius 1 is 1.04 bits per heavy atom. The van der Waals surface area contributed by atoms with Gasteiger partial charge in [0, 0.05) is 16.1 Å². The van der Waals surface area contributed by atoms with Crippen LogP contribution in [0.5, 0.6) is 5.75 Å². The molecule has 4 aromatic rings. The van der Waals surface area contributed by atoms with E-state index in [1.165, 1.54) is 16.9 Å². The van der Waals surface area contributed by atoms with E-state index in [1.54, 1.807) is 18.3 Å². The van der Waals surface area contributed by atoms with Crippen LogP contribution >= 0.6 is 15.9 Å². The highest BCUT2D eigenvalue weighted by Crippen LogP contribution is 2.31. The number of halogens is 3. The Hall–Kier alpha value is -2.80. The van der Waals surface area contributed by atoms with Gasteiger partial charge >= 0.3 is 0 Å². The maximum absolute atomic E-state index is 15.0. The van der Waals surface area contributed by atoms with Gasteiger partial charge in [0.25, 0.3) is 0 Å². The second kappa shape index (κ2) is 6.84. The lowest BCUT2D eigenvalue weighted by Gasteiger charge is -2.10. The van der Waals surface area contributed by atoms with Crippen molar-refractivity contribution in [2.75, 3.05) is 0 Å². The van der Waals surface area contributed by atoms with E-state index < -0.39 is 17.4 Å². The normalized spacial score (nSPS) is 11.0. The highest BCUT2D eigenvalue weighted by molar-refractivity contribution is 9.10. The molecule has 0 atom stereocenters. The van der Waals surface area contributed by atoms with Crippen molar-refractivity contribution in [1.29, 1.82) is 0 Å². The summed E-state index contributed by atoms with van der Waals surface area (Å²) in [6.07, 6.45) is 2.98. The van der Waals surface area contributed by atoms with Gasteiger partial charge in [0.2, 0.25) is 0 Å². The van der Waals surface area contributed by atoms with Crippen molar-refractivity contribution in [3.8, 4) is 11.6 Å². The topological polar surface area (TPSA) is 39.9 Å². The van der Waals surface area contributed by atoms with Crippen molar-refractivity contribution in [1.82, 2.24) is 14.8 Å². The molecule has 0 saturated carbocycles. The zero-order chi connectivity index (χ0) is 18.1. The molecule has 130 valence electrons. The van der Waals surface area contributed by atoms with Crippen molar-refractivity contribution in [2.45, 2.75) is 6.61 Å². The standard InChI is InChI=1S/C19H12BrF2N3O/c20-14-6-7-16(23-10-14)25-18-13(9-24-25)8-15(21)19(17(18)22)26-11-12-4-2-1-3-5-12/h1-10H,11H2. The molecule has 4 rings (SSSR count). The number of benzene rings is 2. The lowest BCUT2D eigenvalue weighted by molar-refractivity contribution is 0.275. The number of nitrogens with zero attached hydrogens (tertiary/aromatic N) is 3. The number of rotatable bonds is 4. The summed E-state index contributed by atoms with van der Waals surface area (Å²) >= 11 is 3.30. The van der Waals surface area contributed by atoms with Gasteiger partial charge in [-0.2, -0.15) is 5.10 Å². The maximum Gasteiger partial charge on any atom is 0.194 e. The monoisotopic (exact) mass is 415 g/mol. The lowest BCUT2D eigenvalue weighted by atomic mass is 10.2. The zero-order valence-corrected chi connectivity index (χ0v) is 15.0. The van der Waals surface area contributed by atoms with Gasteiger partial charge in [-0.25, -0.2) is 18.4 Å². The van der Waals surface area contributed by atoms with Crippen molar-refractivity contribution in [3.63, 3.8) is 0 Å². The Morgan fingerprint density at radius 3 is 2.58 bits per heavy atom. The largest absolute Gasteiger partial charge is 0.483 e. The molecule has 0 aliphatic heterocycles. The van der Waals surface area contributed by atoms with Crippen LogP contribution < -0.4 is 4.74 Å². The molecule has 2 heterocycles. The summed E-state index contributed by atoms with van der Waals surface area (Å²) in [5.41, 5.74) is 0.929. The first-order valence-electron chi connectivity index (χ1n) is 7.78. The summed E-state index contributed by atoms with van der Waals surface area (Å²) in [7, 11) is 0. The molecule has 4 nitrogen and oxygen atoms in total. The highest BCUT2D eigenvalue weighted by atomic mass is 79.9. The van der Waals surface area contributed by atoms with Gasteiger partial charge in [0.1, 0.15) is 12.1 Å². The van der Waals surface area contributed by atoms with Crippen molar-refractivity contribution >= 4 is 26.8 Å². The lowest BCUT2D eigenvalue weighted by Crippen LogP contribution is -2.04. The minimum absolute atomic E-state index is 0.0604. The van der Waals surface area contributed by atoms with E-state index in [4.69, 9.17) is 4.74 Å². The SMILES string of the molecule is Fc1cc2cnn(-c3ccc(Br)cn3)c2c(F)c1OCc1ccccc1. The summed E-state index contributed by atoms with van der Waals surface area (Å²) in [5, 5.41) is 4.46. The molecule has 0 aliphatic rings. The first-order chi connectivity index (χ1) is 12.6. The van der Waals surface area contributed by atoms with Gasteiger partial charge in [0.15, 0.2) is 23.2 Å². The van der Waals surface area contributed by atoms with Crippen LogP contribution in [0, 0.1) is 11.6 Å².